The number of anilines is 1. The van der Waals surface area contributed by atoms with Crippen molar-refractivity contribution in [2.45, 2.75) is 58.4 Å². The summed E-state index contributed by atoms with van der Waals surface area (Å²) in [5.41, 5.74) is 2.46. The summed E-state index contributed by atoms with van der Waals surface area (Å²) in [6, 6.07) is 6.59. The highest BCUT2D eigenvalue weighted by Crippen LogP contribution is 2.39. The lowest BCUT2D eigenvalue weighted by Crippen LogP contribution is -2.37. The minimum atomic E-state index is -0.244. The van der Waals surface area contributed by atoms with E-state index in [0.717, 1.165) is 31.4 Å². The number of carbonyl (C=O) groups is 2. The van der Waals surface area contributed by atoms with Gasteiger partial charge in [-0.25, -0.2) is 4.79 Å². The lowest BCUT2D eigenvalue weighted by Gasteiger charge is -2.25. The Balaban J connectivity index is 1.94. The van der Waals surface area contributed by atoms with Gasteiger partial charge in [-0.15, -0.1) is 0 Å². The number of nitrogens with one attached hydrogen (secondary N) is 2. The van der Waals surface area contributed by atoms with Crippen molar-refractivity contribution in [2.24, 2.45) is 0 Å². The van der Waals surface area contributed by atoms with Crippen molar-refractivity contribution in [3.8, 4) is 17.0 Å². The van der Waals surface area contributed by atoms with Gasteiger partial charge in [0.2, 0.25) is 5.91 Å². The maximum Gasteiger partial charge on any atom is 0.342 e. The number of nitrogens with zero attached hydrogens (tertiary/aromatic N) is 2. The molecule has 1 aliphatic carbocycles. The Labute approximate surface area is 158 Å². The van der Waals surface area contributed by atoms with Gasteiger partial charge in [0, 0.05) is 36.2 Å². The number of benzene rings is 1. The Hall–Kier alpha value is -2.83. The molecule has 1 atom stereocenters. The molecule has 7 heteroatoms. The second-order valence-electron chi connectivity index (χ2n) is 7.17. The molecule has 0 spiro atoms. The maximum atomic E-state index is 12.7. The van der Waals surface area contributed by atoms with Gasteiger partial charge in [0.15, 0.2) is 0 Å². The van der Waals surface area contributed by atoms with Crippen LogP contribution in [-0.4, -0.2) is 32.9 Å². The third-order valence-electron chi connectivity index (χ3n) is 5.03. The van der Waals surface area contributed by atoms with Gasteiger partial charge in [-0.3, -0.25) is 4.79 Å². The molecule has 144 valence electrons. The summed E-state index contributed by atoms with van der Waals surface area (Å²) in [5.74, 6) is 0.114. The molecule has 3 rings (SSSR count). The van der Waals surface area contributed by atoms with Gasteiger partial charge in [-0.05, 0) is 44.4 Å². The zero-order valence-electron chi connectivity index (χ0n) is 16.0. The minimum absolute atomic E-state index is 0.00777. The summed E-state index contributed by atoms with van der Waals surface area (Å²) in [5, 5.41) is 20.5. The van der Waals surface area contributed by atoms with E-state index < -0.39 is 0 Å². The van der Waals surface area contributed by atoms with Crippen LogP contribution in [0.25, 0.3) is 11.3 Å². The number of amides is 2. The number of phenols is 1. The normalized spacial score (nSPS) is 15.1. The standard InChI is InChI=1S/C20H26N4O3/c1-4-12(2)21-20(27)24-18(14-6-5-7-14)11-17(23-24)16-9-8-15(10-19(16)26)22-13(3)25/h8-12,14,26H,4-7H2,1-3H3,(H,21,27)(H,22,25). The molecule has 0 aliphatic heterocycles. The summed E-state index contributed by atoms with van der Waals surface area (Å²) < 4.78 is 1.44. The summed E-state index contributed by atoms with van der Waals surface area (Å²) in [7, 11) is 0. The molecule has 1 fully saturated rings. The van der Waals surface area contributed by atoms with E-state index in [0.29, 0.717) is 22.9 Å². The van der Waals surface area contributed by atoms with E-state index in [-0.39, 0.29) is 23.7 Å². The van der Waals surface area contributed by atoms with Crippen LogP contribution >= 0.6 is 0 Å². The number of aromatic nitrogens is 2. The Kier molecular flexibility index (Phi) is 5.48. The Morgan fingerprint density at radius 3 is 2.63 bits per heavy atom. The molecule has 3 N–H and O–H groups in total. The number of hydrogen-bond donors (Lipinski definition) is 3. The monoisotopic (exact) mass is 370 g/mol. The predicted octanol–water partition coefficient (Wildman–Crippen LogP) is 3.84. The SMILES string of the molecule is CCC(C)NC(=O)n1nc(-c2ccc(NC(C)=O)cc2O)cc1C1CCC1. The van der Waals surface area contributed by atoms with E-state index in [1.54, 1.807) is 12.1 Å². The lowest BCUT2D eigenvalue weighted by atomic mass is 9.82. The average molecular weight is 370 g/mol. The molecule has 0 bridgehead atoms. The van der Waals surface area contributed by atoms with Crippen molar-refractivity contribution in [2.75, 3.05) is 5.32 Å². The maximum absolute atomic E-state index is 12.7. The summed E-state index contributed by atoms with van der Waals surface area (Å²) in [6.45, 7) is 5.38. The Morgan fingerprint density at radius 2 is 2.07 bits per heavy atom. The second-order valence-corrected chi connectivity index (χ2v) is 7.17. The fraction of sp³-hybridized carbons (Fsp3) is 0.450. The van der Waals surface area contributed by atoms with Gasteiger partial charge in [-0.2, -0.15) is 9.78 Å². The van der Waals surface area contributed by atoms with E-state index in [9.17, 15) is 14.7 Å². The highest BCUT2D eigenvalue weighted by molar-refractivity contribution is 5.89. The van der Waals surface area contributed by atoms with Crippen LogP contribution in [0, 0.1) is 0 Å². The van der Waals surface area contributed by atoms with Gasteiger partial charge >= 0.3 is 6.03 Å². The number of carbonyl (C=O) groups excluding carboxylic acids is 2. The molecule has 1 aliphatic rings. The van der Waals surface area contributed by atoms with E-state index in [4.69, 9.17) is 0 Å². The van der Waals surface area contributed by atoms with Crippen LogP contribution in [0.2, 0.25) is 0 Å². The molecule has 1 heterocycles. The van der Waals surface area contributed by atoms with Crippen LogP contribution < -0.4 is 10.6 Å². The Bertz CT molecular complexity index is 855. The van der Waals surface area contributed by atoms with Crippen molar-refractivity contribution in [3.05, 3.63) is 30.0 Å². The first-order chi connectivity index (χ1) is 12.9. The van der Waals surface area contributed by atoms with Crippen LogP contribution in [0.3, 0.4) is 0 Å². The largest absolute Gasteiger partial charge is 0.507 e. The molecule has 1 aromatic carbocycles. The molecule has 2 aromatic rings. The molecule has 1 aromatic heterocycles. The summed E-state index contributed by atoms with van der Waals surface area (Å²) >= 11 is 0. The zero-order valence-corrected chi connectivity index (χ0v) is 16.0. The molecule has 1 saturated carbocycles. The van der Waals surface area contributed by atoms with E-state index in [2.05, 4.69) is 15.7 Å². The molecule has 7 nitrogen and oxygen atoms in total. The smallest absolute Gasteiger partial charge is 0.342 e. The third kappa shape index (κ3) is 4.13. The highest BCUT2D eigenvalue weighted by Gasteiger charge is 2.27. The van der Waals surface area contributed by atoms with Gasteiger partial charge < -0.3 is 15.7 Å². The van der Waals surface area contributed by atoms with Crippen molar-refractivity contribution in [1.82, 2.24) is 15.1 Å². The quantitative estimate of drug-likeness (QED) is 0.745. The number of phenolic OH excluding ortho intramolecular Hbond substituents is 1. The van der Waals surface area contributed by atoms with Crippen molar-refractivity contribution in [1.29, 1.82) is 0 Å². The topological polar surface area (TPSA) is 96.3 Å². The molecule has 0 saturated heterocycles. The van der Waals surface area contributed by atoms with E-state index in [1.807, 2.05) is 19.9 Å². The molecule has 27 heavy (non-hydrogen) atoms. The Morgan fingerprint density at radius 1 is 1.33 bits per heavy atom. The van der Waals surface area contributed by atoms with Crippen molar-refractivity contribution < 1.29 is 14.7 Å². The zero-order chi connectivity index (χ0) is 19.6. The number of rotatable bonds is 5. The van der Waals surface area contributed by atoms with Crippen LogP contribution in [0.15, 0.2) is 24.3 Å². The molecule has 1 unspecified atom stereocenters. The summed E-state index contributed by atoms with van der Waals surface area (Å²) in [6.07, 6.45) is 4.06. The van der Waals surface area contributed by atoms with Crippen molar-refractivity contribution >= 4 is 17.6 Å². The van der Waals surface area contributed by atoms with E-state index >= 15 is 0 Å². The minimum Gasteiger partial charge on any atom is -0.507 e. The van der Waals surface area contributed by atoms with Gasteiger partial charge in [0.05, 0.1) is 11.4 Å². The highest BCUT2D eigenvalue weighted by atomic mass is 16.3. The molecular weight excluding hydrogens is 344 g/mol. The summed E-state index contributed by atoms with van der Waals surface area (Å²) in [4.78, 5) is 23.8. The third-order valence-corrected chi connectivity index (χ3v) is 5.03. The predicted molar refractivity (Wildman–Crippen MR) is 104 cm³/mol. The van der Waals surface area contributed by atoms with E-state index in [1.165, 1.54) is 17.7 Å². The molecular formula is C20H26N4O3. The average Bonchev–Trinajstić information content (AvgIpc) is 2.97. The number of hydrogen-bond acceptors (Lipinski definition) is 4. The molecule has 2 amide bonds. The first kappa shape index (κ1) is 18.9. The van der Waals surface area contributed by atoms with Gasteiger partial charge in [0.1, 0.15) is 5.75 Å². The van der Waals surface area contributed by atoms with Crippen LogP contribution in [0.1, 0.15) is 58.1 Å². The van der Waals surface area contributed by atoms with Crippen LogP contribution in [0.4, 0.5) is 10.5 Å². The number of aromatic hydroxyl groups is 1. The fourth-order valence-corrected chi connectivity index (χ4v) is 3.09. The van der Waals surface area contributed by atoms with Crippen molar-refractivity contribution in [3.63, 3.8) is 0 Å². The van der Waals surface area contributed by atoms with Gasteiger partial charge in [0.25, 0.3) is 0 Å². The molecule has 0 radical (unpaired) electrons. The first-order valence-corrected chi connectivity index (χ1v) is 9.40. The van der Waals surface area contributed by atoms with Gasteiger partial charge in [-0.1, -0.05) is 13.3 Å². The lowest BCUT2D eigenvalue weighted by molar-refractivity contribution is -0.114. The fourth-order valence-electron chi connectivity index (χ4n) is 3.09. The second kappa shape index (κ2) is 7.82. The van der Waals surface area contributed by atoms with Crippen LogP contribution in [-0.2, 0) is 4.79 Å². The van der Waals surface area contributed by atoms with Crippen LogP contribution in [0.5, 0.6) is 5.75 Å². The first-order valence-electron chi connectivity index (χ1n) is 9.40.